The van der Waals surface area contributed by atoms with Gasteiger partial charge in [-0.1, -0.05) is 12.1 Å². The van der Waals surface area contributed by atoms with Gasteiger partial charge >= 0.3 is 5.97 Å². The van der Waals surface area contributed by atoms with E-state index in [2.05, 4.69) is 4.74 Å². The zero-order chi connectivity index (χ0) is 16.2. The van der Waals surface area contributed by atoms with Gasteiger partial charge in [-0.2, -0.15) is 4.31 Å². The molecule has 0 fully saturated rings. The van der Waals surface area contributed by atoms with Crippen molar-refractivity contribution in [2.75, 3.05) is 20.8 Å². The van der Waals surface area contributed by atoms with E-state index in [9.17, 15) is 23.3 Å². The molecule has 0 aromatic heterocycles. The number of hydrogen-bond donors (Lipinski definition) is 1. The maximum atomic E-state index is 12.4. The molecule has 0 saturated carbocycles. The van der Waals surface area contributed by atoms with Crippen LogP contribution in [-0.2, 0) is 19.6 Å². The first-order chi connectivity index (χ1) is 9.77. The van der Waals surface area contributed by atoms with Crippen LogP contribution in [0.25, 0.3) is 0 Å². The summed E-state index contributed by atoms with van der Waals surface area (Å²) in [5.41, 5.74) is -0.620. The van der Waals surface area contributed by atoms with E-state index in [-0.39, 0.29) is 0 Å². The predicted molar refractivity (Wildman–Crippen MR) is 70.9 cm³/mol. The number of nitrogens with zero attached hydrogens (tertiary/aromatic N) is 2. The number of methoxy groups -OCH3 is 1. The fourth-order valence-electron chi connectivity index (χ4n) is 1.62. The number of likely N-dealkylation sites (N-methyl/N-ethyl adjacent to an activating group) is 1. The number of aliphatic hydroxyl groups is 1. The van der Waals surface area contributed by atoms with Crippen molar-refractivity contribution in [3.63, 3.8) is 0 Å². The standard InChI is InChI=1S/C11H14N2O7S/c1-12(9(7-14)11(15)20-2)21(18,19)10-6-4-3-5-8(10)13(16)17/h3-6,9,14H,7H2,1-2H3. The number of rotatable bonds is 6. The van der Waals surface area contributed by atoms with Crippen LogP contribution in [0.4, 0.5) is 5.69 Å². The molecule has 1 aromatic rings. The number of ether oxygens (including phenoxy) is 1. The number of carbonyl (C=O) groups excluding carboxylic acids is 1. The van der Waals surface area contributed by atoms with Gasteiger partial charge < -0.3 is 9.84 Å². The van der Waals surface area contributed by atoms with E-state index in [4.69, 9.17) is 5.11 Å². The van der Waals surface area contributed by atoms with E-state index in [1.807, 2.05) is 0 Å². The maximum Gasteiger partial charge on any atom is 0.326 e. The Balaban J connectivity index is 3.34. The molecule has 0 bridgehead atoms. The lowest BCUT2D eigenvalue weighted by Crippen LogP contribution is -2.45. The molecule has 0 amide bonds. The minimum absolute atomic E-state index is 0.543. The lowest BCUT2D eigenvalue weighted by Gasteiger charge is -2.23. The van der Waals surface area contributed by atoms with Gasteiger partial charge in [0.15, 0.2) is 4.90 Å². The summed E-state index contributed by atoms with van der Waals surface area (Å²) in [4.78, 5) is 21.0. The van der Waals surface area contributed by atoms with Crippen LogP contribution in [-0.4, -0.2) is 55.5 Å². The topological polar surface area (TPSA) is 127 Å². The minimum atomic E-state index is -4.35. The predicted octanol–water partition coefficient (Wildman–Crippen LogP) is -0.251. The van der Waals surface area contributed by atoms with E-state index in [0.29, 0.717) is 4.31 Å². The number of nitro groups is 1. The van der Waals surface area contributed by atoms with Gasteiger partial charge in [0.05, 0.1) is 18.6 Å². The van der Waals surface area contributed by atoms with Crippen molar-refractivity contribution in [3.8, 4) is 0 Å². The summed E-state index contributed by atoms with van der Waals surface area (Å²) in [5.74, 6) is -0.970. The van der Waals surface area contributed by atoms with Gasteiger partial charge in [-0.25, -0.2) is 8.42 Å². The highest BCUT2D eigenvalue weighted by atomic mass is 32.2. The van der Waals surface area contributed by atoms with Crippen LogP contribution in [0.3, 0.4) is 0 Å². The molecule has 0 aliphatic carbocycles. The summed E-state index contributed by atoms with van der Waals surface area (Å²) >= 11 is 0. The lowest BCUT2D eigenvalue weighted by atomic mass is 10.3. The van der Waals surface area contributed by atoms with Crippen LogP contribution in [0.5, 0.6) is 0 Å². The summed E-state index contributed by atoms with van der Waals surface area (Å²) in [5, 5.41) is 20.0. The van der Waals surface area contributed by atoms with Gasteiger partial charge in [-0.05, 0) is 6.07 Å². The Morgan fingerprint density at radius 2 is 2.05 bits per heavy atom. The smallest absolute Gasteiger partial charge is 0.326 e. The molecule has 0 aliphatic rings. The molecular weight excluding hydrogens is 304 g/mol. The number of sulfonamides is 1. The van der Waals surface area contributed by atoms with Crippen molar-refractivity contribution >= 4 is 21.7 Å². The summed E-state index contributed by atoms with van der Waals surface area (Å²) in [6, 6.07) is 3.24. The molecular formula is C11H14N2O7S. The van der Waals surface area contributed by atoms with Crippen LogP contribution < -0.4 is 0 Å². The average molecular weight is 318 g/mol. The normalized spacial score (nSPS) is 13.0. The first-order valence-electron chi connectivity index (χ1n) is 5.67. The molecule has 9 nitrogen and oxygen atoms in total. The number of aliphatic hydroxyl groups excluding tert-OH is 1. The van der Waals surface area contributed by atoms with Gasteiger partial charge in [-0.3, -0.25) is 14.9 Å². The second-order valence-electron chi connectivity index (χ2n) is 3.97. The number of para-hydroxylation sites is 1. The quantitative estimate of drug-likeness (QED) is 0.435. The van der Waals surface area contributed by atoms with Crippen LogP contribution in [0.1, 0.15) is 0 Å². The van der Waals surface area contributed by atoms with Crippen molar-refractivity contribution in [3.05, 3.63) is 34.4 Å². The Hall–Kier alpha value is -2.04. The fourth-order valence-corrected chi connectivity index (χ4v) is 3.08. The van der Waals surface area contributed by atoms with Crippen LogP contribution in [0.15, 0.2) is 29.2 Å². The largest absolute Gasteiger partial charge is 0.468 e. The minimum Gasteiger partial charge on any atom is -0.468 e. The highest BCUT2D eigenvalue weighted by molar-refractivity contribution is 7.89. The SMILES string of the molecule is COC(=O)C(CO)N(C)S(=O)(=O)c1ccccc1[N+](=O)[O-]. The van der Waals surface area contributed by atoms with Crippen LogP contribution >= 0.6 is 0 Å². The number of benzene rings is 1. The first kappa shape index (κ1) is 17.0. The molecule has 0 saturated heterocycles. The zero-order valence-corrected chi connectivity index (χ0v) is 12.1. The monoisotopic (exact) mass is 318 g/mol. The van der Waals surface area contributed by atoms with Gasteiger partial charge in [0.1, 0.15) is 6.04 Å². The molecule has 116 valence electrons. The fraction of sp³-hybridized carbons (Fsp3) is 0.364. The third kappa shape index (κ3) is 3.35. The number of esters is 1. The molecule has 1 N–H and O–H groups in total. The van der Waals surface area contributed by atoms with E-state index < -0.39 is 44.1 Å². The number of nitro benzene ring substituents is 1. The molecule has 0 radical (unpaired) electrons. The Morgan fingerprint density at radius 1 is 1.48 bits per heavy atom. The van der Waals surface area contributed by atoms with Gasteiger partial charge in [0, 0.05) is 13.1 Å². The third-order valence-electron chi connectivity index (χ3n) is 2.80. The first-order valence-corrected chi connectivity index (χ1v) is 7.11. The van der Waals surface area contributed by atoms with E-state index in [0.717, 1.165) is 26.3 Å². The molecule has 0 spiro atoms. The van der Waals surface area contributed by atoms with Gasteiger partial charge in [0.25, 0.3) is 15.7 Å². The van der Waals surface area contributed by atoms with Crippen molar-refractivity contribution < 1.29 is 28.0 Å². The number of hydrogen-bond acceptors (Lipinski definition) is 7. The van der Waals surface area contributed by atoms with E-state index in [1.165, 1.54) is 12.1 Å². The molecule has 1 unspecified atom stereocenters. The van der Waals surface area contributed by atoms with Gasteiger partial charge in [0.2, 0.25) is 0 Å². The van der Waals surface area contributed by atoms with Gasteiger partial charge in [-0.15, -0.1) is 0 Å². The summed E-state index contributed by atoms with van der Waals surface area (Å²) < 4.78 is 29.7. The van der Waals surface area contributed by atoms with Crippen molar-refractivity contribution in [2.24, 2.45) is 0 Å². The Morgan fingerprint density at radius 3 is 2.52 bits per heavy atom. The summed E-state index contributed by atoms with van der Waals surface area (Å²) in [6.45, 7) is -0.816. The highest BCUT2D eigenvalue weighted by Gasteiger charge is 2.36. The average Bonchev–Trinajstić information content (AvgIpc) is 2.47. The lowest BCUT2D eigenvalue weighted by molar-refractivity contribution is -0.387. The van der Waals surface area contributed by atoms with Crippen molar-refractivity contribution in [2.45, 2.75) is 10.9 Å². The Bertz CT molecular complexity index is 644. The van der Waals surface area contributed by atoms with Crippen molar-refractivity contribution in [1.82, 2.24) is 4.31 Å². The molecule has 1 rings (SSSR count). The van der Waals surface area contributed by atoms with Crippen LogP contribution in [0, 0.1) is 10.1 Å². The molecule has 10 heteroatoms. The van der Waals surface area contributed by atoms with E-state index in [1.54, 1.807) is 0 Å². The third-order valence-corrected chi connectivity index (χ3v) is 4.72. The maximum absolute atomic E-state index is 12.4. The zero-order valence-electron chi connectivity index (χ0n) is 11.3. The molecule has 1 aromatic carbocycles. The molecule has 0 heterocycles. The molecule has 1 atom stereocenters. The Labute approximate surface area is 120 Å². The highest BCUT2D eigenvalue weighted by Crippen LogP contribution is 2.26. The van der Waals surface area contributed by atoms with Crippen molar-refractivity contribution in [1.29, 1.82) is 0 Å². The molecule has 21 heavy (non-hydrogen) atoms. The van der Waals surface area contributed by atoms with E-state index >= 15 is 0 Å². The second kappa shape index (κ2) is 6.61. The second-order valence-corrected chi connectivity index (χ2v) is 5.93. The van der Waals surface area contributed by atoms with Crippen LogP contribution in [0.2, 0.25) is 0 Å². The molecule has 0 aliphatic heterocycles. The number of carbonyl (C=O) groups is 1. The summed E-state index contributed by atoms with van der Waals surface area (Å²) in [6.07, 6.45) is 0. The Kier molecular flexibility index (Phi) is 5.35. The summed E-state index contributed by atoms with van der Waals surface area (Å²) in [7, 11) is -2.28.